The van der Waals surface area contributed by atoms with Crippen molar-refractivity contribution in [2.75, 3.05) is 6.38 Å². The fraction of sp³-hybridized carbons (Fsp3) is 0.455. The zero-order valence-corrected chi connectivity index (χ0v) is 10.1. The quantitative estimate of drug-likeness (QED) is 0.478. The zero-order valence-electron chi connectivity index (χ0n) is 9.34. The van der Waals surface area contributed by atoms with Crippen LogP contribution in [0.4, 0.5) is 0 Å². The van der Waals surface area contributed by atoms with E-state index in [0.29, 0.717) is 6.71 Å². The first-order valence-corrected chi connectivity index (χ1v) is 5.49. The van der Waals surface area contributed by atoms with E-state index in [0.717, 1.165) is 0 Å². The Morgan fingerprint density at radius 1 is 0.923 bits per heavy atom. The summed E-state index contributed by atoms with van der Waals surface area (Å²) >= 11 is 4.64. The minimum Gasteiger partial charge on any atom is -0.130 e. The van der Waals surface area contributed by atoms with Gasteiger partial charge in [-0.05, 0) is 0 Å². The molecule has 1 aromatic carbocycles. The van der Waals surface area contributed by atoms with E-state index in [1.807, 2.05) is 19.9 Å². The van der Waals surface area contributed by atoms with Gasteiger partial charge in [-0.2, -0.15) is 0 Å². The smallest absolute Gasteiger partial charge is 0.130 e. The Labute approximate surface area is 88.4 Å². The maximum atomic E-state index is 4.64. The molecule has 0 aliphatic carbocycles. The molecule has 0 atom stereocenters. The first kappa shape index (κ1) is 15.1. The molecule has 0 radical (unpaired) electrons. The van der Waals surface area contributed by atoms with Crippen LogP contribution in [0.2, 0.25) is 13.6 Å². The predicted molar refractivity (Wildman–Crippen MR) is 66.7 cm³/mol. The lowest BCUT2D eigenvalue weighted by molar-refractivity contribution is 1.50. The third-order valence-electron chi connectivity index (χ3n) is 1.47. The number of rotatable bonds is 1. The van der Waals surface area contributed by atoms with Gasteiger partial charge in [0.2, 0.25) is 0 Å². The SMILES string of the molecule is CB(C)c1ccccc1.CC.CCl. The predicted octanol–water partition coefficient (Wildman–Crippen LogP) is 3.53. The van der Waals surface area contributed by atoms with Crippen molar-refractivity contribution in [3.8, 4) is 0 Å². The number of halogens is 1. The lowest BCUT2D eigenvalue weighted by Crippen LogP contribution is -2.21. The van der Waals surface area contributed by atoms with Crippen molar-refractivity contribution in [1.29, 1.82) is 0 Å². The normalized spacial score (nSPS) is 7.23. The van der Waals surface area contributed by atoms with E-state index >= 15 is 0 Å². The summed E-state index contributed by atoms with van der Waals surface area (Å²) < 4.78 is 0. The van der Waals surface area contributed by atoms with Crippen LogP contribution < -0.4 is 5.46 Å². The summed E-state index contributed by atoms with van der Waals surface area (Å²) in [6, 6.07) is 10.5. The Morgan fingerprint density at radius 3 is 1.54 bits per heavy atom. The van der Waals surface area contributed by atoms with E-state index in [1.165, 1.54) is 11.8 Å². The molecule has 13 heavy (non-hydrogen) atoms. The second-order valence-corrected chi connectivity index (χ2v) is 2.57. The molecule has 0 saturated heterocycles. The van der Waals surface area contributed by atoms with Gasteiger partial charge in [-0.3, -0.25) is 0 Å². The second-order valence-electron chi connectivity index (χ2n) is 2.57. The largest absolute Gasteiger partial charge is 0.169 e. The average Bonchev–Trinajstić information content (AvgIpc) is 2.25. The van der Waals surface area contributed by atoms with E-state index in [1.54, 1.807) is 0 Å². The highest BCUT2D eigenvalue weighted by atomic mass is 35.5. The van der Waals surface area contributed by atoms with Gasteiger partial charge in [-0.15, -0.1) is 11.6 Å². The van der Waals surface area contributed by atoms with Gasteiger partial charge in [0, 0.05) is 6.38 Å². The van der Waals surface area contributed by atoms with Crippen molar-refractivity contribution in [2.24, 2.45) is 0 Å². The molecule has 0 aliphatic rings. The highest BCUT2D eigenvalue weighted by molar-refractivity contribution is 6.70. The molecule has 0 bridgehead atoms. The van der Waals surface area contributed by atoms with Crippen molar-refractivity contribution < 1.29 is 0 Å². The molecule has 1 aromatic rings. The molecular weight excluding hydrogens is 178 g/mol. The van der Waals surface area contributed by atoms with Gasteiger partial charge in [0.15, 0.2) is 6.71 Å². The van der Waals surface area contributed by atoms with Gasteiger partial charge < -0.3 is 0 Å². The van der Waals surface area contributed by atoms with Crippen molar-refractivity contribution >= 4 is 23.8 Å². The van der Waals surface area contributed by atoms with Crippen LogP contribution in [0.1, 0.15) is 13.8 Å². The van der Waals surface area contributed by atoms with E-state index in [2.05, 4.69) is 49.5 Å². The molecule has 0 N–H and O–H groups in total. The molecule has 1 rings (SSSR count). The lowest BCUT2D eigenvalue weighted by atomic mass is 9.49. The Bertz CT molecular complexity index is 173. The summed E-state index contributed by atoms with van der Waals surface area (Å²) in [4.78, 5) is 0. The maximum Gasteiger partial charge on any atom is 0.169 e. The molecule has 0 nitrogen and oxygen atoms in total. The maximum absolute atomic E-state index is 4.64. The molecular formula is C11H20BCl. The van der Waals surface area contributed by atoms with Gasteiger partial charge in [-0.25, -0.2) is 0 Å². The number of hydrogen-bond acceptors (Lipinski definition) is 0. The Hall–Kier alpha value is -0.425. The van der Waals surface area contributed by atoms with Crippen molar-refractivity contribution in [3.05, 3.63) is 30.3 Å². The first-order chi connectivity index (χ1) is 6.30. The Morgan fingerprint density at radius 2 is 1.31 bits per heavy atom. The zero-order chi connectivity index (χ0) is 10.7. The van der Waals surface area contributed by atoms with E-state index < -0.39 is 0 Å². The van der Waals surface area contributed by atoms with E-state index in [4.69, 9.17) is 0 Å². The van der Waals surface area contributed by atoms with Crippen LogP contribution in [0.5, 0.6) is 0 Å². The summed E-state index contributed by atoms with van der Waals surface area (Å²) in [5, 5.41) is 0. The lowest BCUT2D eigenvalue weighted by Gasteiger charge is -1.98. The summed E-state index contributed by atoms with van der Waals surface area (Å²) in [5.41, 5.74) is 1.41. The van der Waals surface area contributed by atoms with Gasteiger partial charge in [0.05, 0.1) is 0 Å². The number of alkyl halides is 1. The average molecular weight is 199 g/mol. The highest BCUT2D eigenvalue weighted by Crippen LogP contribution is 1.85. The first-order valence-electron chi connectivity index (χ1n) is 4.73. The molecule has 0 saturated carbocycles. The van der Waals surface area contributed by atoms with E-state index in [9.17, 15) is 0 Å². The fourth-order valence-electron chi connectivity index (χ4n) is 0.838. The van der Waals surface area contributed by atoms with Crippen LogP contribution >= 0.6 is 11.6 Å². The van der Waals surface area contributed by atoms with Gasteiger partial charge in [-0.1, -0.05) is 63.3 Å². The van der Waals surface area contributed by atoms with Crippen LogP contribution in [-0.4, -0.2) is 13.1 Å². The molecule has 0 aromatic heterocycles. The van der Waals surface area contributed by atoms with Gasteiger partial charge >= 0.3 is 0 Å². The minimum atomic E-state index is 0.659. The van der Waals surface area contributed by atoms with Gasteiger partial charge in [0.1, 0.15) is 0 Å². The minimum absolute atomic E-state index is 0.659. The molecule has 0 aliphatic heterocycles. The van der Waals surface area contributed by atoms with Crippen LogP contribution in [0.25, 0.3) is 0 Å². The summed E-state index contributed by atoms with van der Waals surface area (Å²) in [6.07, 6.45) is 1.47. The molecule has 0 fully saturated rings. The van der Waals surface area contributed by atoms with Crippen LogP contribution in [0.3, 0.4) is 0 Å². The standard InChI is InChI=1S/C8H11B.C2H6.CH3Cl/c1-9(2)8-6-4-3-5-7-8;2*1-2/h3-7H,1-2H3;1-2H3;1H3. The topological polar surface area (TPSA) is 0 Å². The molecule has 0 spiro atoms. The molecule has 0 amide bonds. The van der Waals surface area contributed by atoms with Gasteiger partial charge in [0.25, 0.3) is 0 Å². The van der Waals surface area contributed by atoms with Crippen LogP contribution in [0, 0.1) is 0 Å². The van der Waals surface area contributed by atoms with Crippen molar-refractivity contribution in [3.63, 3.8) is 0 Å². The highest BCUT2D eigenvalue weighted by Gasteiger charge is 1.98. The van der Waals surface area contributed by atoms with Crippen molar-refractivity contribution in [2.45, 2.75) is 27.5 Å². The fourth-order valence-corrected chi connectivity index (χ4v) is 0.838. The van der Waals surface area contributed by atoms with Crippen LogP contribution in [-0.2, 0) is 0 Å². The third kappa shape index (κ3) is 7.92. The number of hydrogen-bond donors (Lipinski definition) is 0. The third-order valence-corrected chi connectivity index (χ3v) is 1.47. The second kappa shape index (κ2) is 11.6. The number of benzene rings is 1. The molecule has 2 heteroatoms. The Kier molecular flexibility index (Phi) is 13.4. The van der Waals surface area contributed by atoms with Crippen LogP contribution in [0.15, 0.2) is 30.3 Å². The Balaban J connectivity index is 0. The summed E-state index contributed by atoms with van der Waals surface area (Å²) in [6.45, 7) is 9.07. The molecule has 74 valence electrons. The molecule has 0 heterocycles. The molecule has 0 unspecified atom stereocenters. The van der Waals surface area contributed by atoms with Crippen molar-refractivity contribution in [1.82, 2.24) is 0 Å². The summed E-state index contributed by atoms with van der Waals surface area (Å²) in [5.74, 6) is 0. The summed E-state index contributed by atoms with van der Waals surface area (Å²) in [7, 11) is 0. The monoisotopic (exact) mass is 198 g/mol. The van der Waals surface area contributed by atoms with E-state index in [-0.39, 0.29) is 0 Å².